The van der Waals surface area contributed by atoms with Crippen molar-refractivity contribution in [2.75, 3.05) is 31.1 Å². The Morgan fingerprint density at radius 2 is 1.90 bits per heavy atom. The van der Waals surface area contributed by atoms with Crippen molar-refractivity contribution in [3.63, 3.8) is 0 Å². The first-order valence-corrected chi connectivity index (χ1v) is 8.60. The summed E-state index contributed by atoms with van der Waals surface area (Å²) < 4.78 is 22.8. The summed E-state index contributed by atoms with van der Waals surface area (Å²) in [6, 6.07) is -0.320. The molecule has 1 heterocycles. The van der Waals surface area contributed by atoms with Gasteiger partial charge in [-0.05, 0) is 0 Å². The van der Waals surface area contributed by atoms with E-state index in [0.717, 1.165) is 0 Å². The van der Waals surface area contributed by atoms with Gasteiger partial charge in [0.1, 0.15) is 0 Å². The third-order valence-electron chi connectivity index (χ3n) is 3.00. The standard InChI is InChI=1S/C12H23N3O4S/c1-9(2)12(17)15-4-3-14-11(16)7-10-8-20(18,19)6-5-13-10/h9-10,13H,3-8H2,1-2H3,(H,14,16)(H,15,17). The van der Waals surface area contributed by atoms with E-state index in [1.165, 1.54) is 0 Å². The van der Waals surface area contributed by atoms with Crippen molar-refractivity contribution < 1.29 is 18.0 Å². The van der Waals surface area contributed by atoms with Crippen LogP contribution in [-0.2, 0) is 19.4 Å². The van der Waals surface area contributed by atoms with Crippen molar-refractivity contribution in [1.29, 1.82) is 0 Å². The van der Waals surface area contributed by atoms with E-state index >= 15 is 0 Å². The summed E-state index contributed by atoms with van der Waals surface area (Å²) in [5.74, 6) is -0.211. The maximum absolute atomic E-state index is 11.6. The van der Waals surface area contributed by atoms with Crippen LogP contribution in [0.1, 0.15) is 20.3 Å². The topological polar surface area (TPSA) is 104 Å². The molecule has 0 spiro atoms. The Bertz CT molecular complexity index is 448. The van der Waals surface area contributed by atoms with Crippen LogP contribution < -0.4 is 16.0 Å². The fraction of sp³-hybridized carbons (Fsp3) is 0.833. The summed E-state index contributed by atoms with van der Waals surface area (Å²) in [5.41, 5.74) is 0. The predicted octanol–water partition coefficient (Wildman–Crippen LogP) is -1.35. The maximum atomic E-state index is 11.6. The highest BCUT2D eigenvalue weighted by atomic mass is 32.2. The zero-order valence-electron chi connectivity index (χ0n) is 11.9. The molecular weight excluding hydrogens is 282 g/mol. The lowest BCUT2D eigenvalue weighted by molar-refractivity contribution is -0.124. The number of hydrogen-bond acceptors (Lipinski definition) is 5. The van der Waals surface area contributed by atoms with Crippen molar-refractivity contribution in [3.05, 3.63) is 0 Å². The number of carbonyl (C=O) groups excluding carboxylic acids is 2. The monoisotopic (exact) mass is 305 g/mol. The normalized spacial score (nSPS) is 21.4. The third kappa shape index (κ3) is 6.33. The molecule has 116 valence electrons. The van der Waals surface area contributed by atoms with E-state index in [1.54, 1.807) is 13.8 Å². The van der Waals surface area contributed by atoms with Crippen LogP contribution in [0.3, 0.4) is 0 Å². The molecule has 8 heteroatoms. The number of sulfone groups is 1. The molecule has 1 fully saturated rings. The Kier molecular flexibility index (Phi) is 6.41. The van der Waals surface area contributed by atoms with Crippen LogP contribution >= 0.6 is 0 Å². The van der Waals surface area contributed by atoms with Crippen LogP contribution in [0.5, 0.6) is 0 Å². The van der Waals surface area contributed by atoms with Crippen molar-refractivity contribution >= 4 is 21.7 Å². The SMILES string of the molecule is CC(C)C(=O)NCCNC(=O)CC1CS(=O)(=O)CCN1. The minimum Gasteiger partial charge on any atom is -0.354 e. The molecule has 0 bridgehead atoms. The fourth-order valence-electron chi connectivity index (χ4n) is 1.89. The van der Waals surface area contributed by atoms with Crippen molar-refractivity contribution in [1.82, 2.24) is 16.0 Å². The molecule has 0 aromatic rings. The Morgan fingerprint density at radius 1 is 1.25 bits per heavy atom. The molecule has 0 aromatic heterocycles. The van der Waals surface area contributed by atoms with E-state index in [2.05, 4.69) is 16.0 Å². The van der Waals surface area contributed by atoms with Gasteiger partial charge in [-0.15, -0.1) is 0 Å². The molecule has 1 atom stereocenters. The molecule has 1 aliphatic heterocycles. The number of amides is 2. The van der Waals surface area contributed by atoms with Crippen molar-refractivity contribution in [2.24, 2.45) is 5.92 Å². The van der Waals surface area contributed by atoms with Gasteiger partial charge >= 0.3 is 0 Å². The highest BCUT2D eigenvalue weighted by Gasteiger charge is 2.25. The first-order chi connectivity index (χ1) is 9.30. The van der Waals surface area contributed by atoms with Gasteiger partial charge in [0.2, 0.25) is 11.8 Å². The van der Waals surface area contributed by atoms with Crippen LogP contribution in [0.15, 0.2) is 0 Å². The molecule has 7 nitrogen and oxygen atoms in total. The second-order valence-corrected chi connectivity index (χ2v) is 7.49. The number of rotatable bonds is 6. The molecule has 1 rings (SSSR count). The molecule has 0 radical (unpaired) electrons. The van der Waals surface area contributed by atoms with E-state index in [1.807, 2.05) is 0 Å². The Balaban J connectivity index is 2.19. The summed E-state index contributed by atoms with van der Waals surface area (Å²) in [6.45, 7) is 4.70. The molecule has 0 aromatic carbocycles. The molecule has 1 unspecified atom stereocenters. The summed E-state index contributed by atoms with van der Waals surface area (Å²) >= 11 is 0. The zero-order valence-corrected chi connectivity index (χ0v) is 12.8. The molecule has 0 aliphatic carbocycles. The lowest BCUT2D eigenvalue weighted by atomic mass is 10.2. The van der Waals surface area contributed by atoms with Crippen molar-refractivity contribution in [3.8, 4) is 0 Å². The van der Waals surface area contributed by atoms with Gasteiger partial charge < -0.3 is 16.0 Å². The van der Waals surface area contributed by atoms with Crippen LogP contribution in [-0.4, -0.2) is 57.4 Å². The Morgan fingerprint density at radius 3 is 2.50 bits per heavy atom. The maximum Gasteiger partial charge on any atom is 0.222 e. The van der Waals surface area contributed by atoms with Gasteiger partial charge in [0.15, 0.2) is 9.84 Å². The lowest BCUT2D eigenvalue weighted by Crippen LogP contribution is -2.47. The molecular formula is C12H23N3O4S. The molecule has 3 N–H and O–H groups in total. The van der Waals surface area contributed by atoms with Crippen LogP contribution in [0.2, 0.25) is 0 Å². The van der Waals surface area contributed by atoms with Crippen LogP contribution in [0, 0.1) is 5.92 Å². The highest BCUT2D eigenvalue weighted by Crippen LogP contribution is 2.04. The second kappa shape index (κ2) is 7.58. The van der Waals surface area contributed by atoms with Gasteiger partial charge in [-0.25, -0.2) is 8.42 Å². The van der Waals surface area contributed by atoms with Gasteiger partial charge in [-0.1, -0.05) is 13.8 Å². The Labute approximate surface area is 119 Å². The summed E-state index contributed by atoms with van der Waals surface area (Å²) in [4.78, 5) is 22.9. The van der Waals surface area contributed by atoms with Gasteiger partial charge in [0.25, 0.3) is 0 Å². The predicted molar refractivity (Wildman–Crippen MR) is 75.9 cm³/mol. The third-order valence-corrected chi connectivity index (χ3v) is 4.74. The van der Waals surface area contributed by atoms with E-state index in [-0.39, 0.29) is 41.7 Å². The van der Waals surface area contributed by atoms with Gasteiger partial charge in [0, 0.05) is 38.0 Å². The minimum atomic E-state index is -3.02. The smallest absolute Gasteiger partial charge is 0.222 e. The lowest BCUT2D eigenvalue weighted by Gasteiger charge is -2.23. The van der Waals surface area contributed by atoms with E-state index in [9.17, 15) is 18.0 Å². The minimum absolute atomic E-state index is 0.00447. The summed E-state index contributed by atoms with van der Waals surface area (Å²) in [6.07, 6.45) is 0.136. The van der Waals surface area contributed by atoms with Crippen LogP contribution in [0.4, 0.5) is 0 Å². The second-order valence-electron chi connectivity index (χ2n) is 5.27. The van der Waals surface area contributed by atoms with Gasteiger partial charge in [-0.2, -0.15) is 0 Å². The molecule has 1 saturated heterocycles. The summed E-state index contributed by atoms with van der Waals surface area (Å²) in [5, 5.41) is 8.37. The van der Waals surface area contributed by atoms with E-state index < -0.39 is 9.84 Å². The average molecular weight is 305 g/mol. The number of hydrogen-bond donors (Lipinski definition) is 3. The first kappa shape index (κ1) is 16.9. The van der Waals surface area contributed by atoms with E-state index in [0.29, 0.717) is 19.6 Å². The quantitative estimate of drug-likeness (QED) is 0.526. The van der Waals surface area contributed by atoms with Crippen molar-refractivity contribution in [2.45, 2.75) is 26.3 Å². The van der Waals surface area contributed by atoms with Gasteiger partial charge in [0.05, 0.1) is 11.5 Å². The average Bonchev–Trinajstić information content (AvgIpc) is 2.32. The molecule has 2 amide bonds. The largest absolute Gasteiger partial charge is 0.354 e. The Hall–Kier alpha value is -1.15. The van der Waals surface area contributed by atoms with Gasteiger partial charge in [-0.3, -0.25) is 9.59 Å². The van der Waals surface area contributed by atoms with E-state index in [4.69, 9.17) is 0 Å². The molecule has 1 aliphatic rings. The molecule has 0 saturated carbocycles. The first-order valence-electron chi connectivity index (χ1n) is 6.78. The summed E-state index contributed by atoms with van der Waals surface area (Å²) in [7, 11) is -3.02. The number of nitrogens with one attached hydrogen (secondary N) is 3. The number of carbonyl (C=O) groups is 2. The zero-order chi connectivity index (χ0) is 15.2. The highest BCUT2D eigenvalue weighted by molar-refractivity contribution is 7.91. The fourth-order valence-corrected chi connectivity index (χ4v) is 3.33. The van der Waals surface area contributed by atoms with Crippen LogP contribution in [0.25, 0.3) is 0 Å². The molecule has 20 heavy (non-hydrogen) atoms.